The average molecular weight is 641 g/mol. The fraction of sp³-hybridized carbons (Fsp3) is 0. The van der Waals surface area contributed by atoms with Gasteiger partial charge in [0.15, 0.2) is 5.69 Å². The Morgan fingerprint density at radius 1 is 0.490 bits per heavy atom. The van der Waals surface area contributed by atoms with Crippen molar-refractivity contribution in [2.75, 3.05) is 0 Å². The van der Waals surface area contributed by atoms with E-state index < -0.39 is 0 Å². The normalized spacial score (nSPS) is 11.6. The largest absolute Gasteiger partial charge is 0.309 e. The van der Waals surface area contributed by atoms with E-state index in [1.807, 2.05) is 24.3 Å². The molecule has 5 heteroatoms. The molecule has 0 amide bonds. The first-order valence-electron chi connectivity index (χ1n) is 16.1. The van der Waals surface area contributed by atoms with Crippen LogP contribution in [0, 0.1) is 17.9 Å². The molecule has 0 bridgehead atoms. The number of rotatable bonds is 3. The van der Waals surface area contributed by atoms with Crippen molar-refractivity contribution in [3.05, 3.63) is 163 Å². The smallest absolute Gasteiger partial charge is 0.187 e. The van der Waals surface area contributed by atoms with Gasteiger partial charge in [0, 0.05) is 42.3 Å². The third-order valence-electron chi connectivity index (χ3n) is 9.72. The molecule has 0 spiro atoms. The predicted molar refractivity (Wildman–Crippen MR) is 204 cm³/mol. The van der Waals surface area contributed by atoms with Crippen LogP contribution in [-0.4, -0.2) is 9.13 Å². The van der Waals surface area contributed by atoms with E-state index in [4.69, 9.17) is 6.57 Å². The van der Waals surface area contributed by atoms with Gasteiger partial charge in [0.1, 0.15) is 0 Å². The molecule has 4 nitrogen and oxygen atoms in total. The van der Waals surface area contributed by atoms with Gasteiger partial charge in [0.05, 0.1) is 40.3 Å². The fourth-order valence-corrected chi connectivity index (χ4v) is 8.65. The van der Waals surface area contributed by atoms with Crippen LogP contribution >= 0.6 is 11.3 Å². The van der Waals surface area contributed by atoms with Crippen LogP contribution < -0.4 is 0 Å². The predicted octanol–water partition coefficient (Wildman–Crippen LogP) is 12.3. The van der Waals surface area contributed by atoms with E-state index >= 15 is 0 Å². The topological polar surface area (TPSA) is 38.0 Å². The lowest BCUT2D eigenvalue weighted by atomic mass is 10.0. The molecule has 49 heavy (non-hydrogen) atoms. The van der Waals surface area contributed by atoms with Crippen molar-refractivity contribution in [1.29, 1.82) is 5.26 Å². The van der Waals surface area contributed by atoms with Gasteiger partial charge < -0.3 is 9.13 Å². The van der Waals surface area contributed by atoms with E-state index in [0.29, 0.717) is 11.3 Å². The van der Waals surface area contributed by atoms with Crippen molar-refractivity contribution in [1.82, 2.24) is 9.13 Å². The van der Waals surface area contributed by atoms with Crippen molar-refractivity contribution in [3.63, 3.8) is 0 Å². The van der Waals surface area contributed by atoms with Gasteiger partial charge in [-0.25, -0.2) is 4.85 Å². The summed E-state index contributed by atoms with van der Waals surface area (Å²) in [5.74, 6) is 0. The van der Waals surface area contributed by atoms with Crippen molar-refractivity contribution in [2.45, 2.75) is 0 Å². The Labute approximate surface area is 285 Å². The van der Waals surface area contributed by atoms with E-state index in [-0.39, 0.29) is 0 Å². The second kappa shape index (κ2) is 10.4. The Morgan fingerprint density at radius 3 is 1.78 bits per heavy atom. The summed E-state index contributed by atoms with van der Waals surface area (Å²) in [4.78, 5) is 3.69. The number of hydrogen-bond donors (Lipinski definition) is 0. The van der Waals surface area contributed by atoms with Crippen LogP contribution in [0.25, 0.3) is 91.1 Å². The van der Waals surface area contributed by atoms with Crippen LogP contribution in [0.5, 0.6) is 0 Å². The zero-order chi connectivity index (χ0) is 32.6. The molecule has 0 saturated heterocycles. The molecule has 7 aromatic carbocycles. The van der Waals surface area contributed by atoms with Crippen molar-refractivity contribution >= 4 is 80.8 Å². The third-order valence-corrected chi connectivity index (χ3v) is 10.9. The van der Waals surface area contributed by atoms with Crippen LogP contribution in [0.2, 0.25) is 0 Å². The summed E-state index contributed by atoms with van der Waals surface area (Å²) in [6, 6.07) is 53.4. The van der Waals surface area contributed by atoms with Crippen molar-refractivity contribution < 1.29 is 0 Å². The first-order chi connectivity index (χ1) is 24.2. The molecule has 10 aromatic rings. The molecule has 0 unspecified atom stereocenters. The number of para-hydroxylation sites is 2. The molecule has 0 aliphatic heterocycles. The number of nitrogens with zero attached hydrogens (tertiary/aromatic N) is 4. The Hall–Kier alpha value is -6.66. The molecular weight excluding hydrogens is 617 g/mol. The van der Waals surface area contributed by atoms with Gasteiger partial charge >= 0.3 is 0 Å². The summed E-state index contributed by atoms with van der Waals surface area (Å²) in [5, 5.41) is 16.5. The second-order valence-electron chi connectivity index (χ2n) is 12.4. The number of hydrogen-bond acceptors (Lipinski definition) is 2. The summed E-state index contributed by atoms with van der Waals surface area (Å²) < 4.78 is 7.09. The van der Waals surface area contributed by atoms with Crippen molar-refractivity contribution in [2.24, 2.45) is 0 Å². The Balaban J connectivity index is 1.16. The minimum Gasteiger partial charge on any atom is -0.309 e. The zero-order valence-electron chi connectivity index (χ0n) is 26.1. The number of thiophene rings is 1. The maximum atomic E-state index is 9.59. The lowest BCUT2D eigenvalue weighted by Gasteiger charge is -2.13. The highest BCUT2D eigenvalue weighted by Gasteiger charge is 2.17. The minimum absolute atomic E-state index is 0.661. The van der Waals surface area contributed by atoms with E-state index in [2.05, 4.69) is 141 Å². The molecule has 226 valence electrons. The van der Waals surface area contributed by atoms with Gasteiger partial charge in [-0.1, -0.05) is 72.8 Å². The van der Waals surface area contributed by atoms with E-state index in [1.165, 1.54) is 31.1 Å². The molecular formula is C44H24N4S. The van der Waals surface area contributed by atoms with Gasteiger partial charge in [0.25, 0.3) is 0 Å². The number of nitriles is 1. The van der Waals surface area contributed by atoms with Crippen molar-refractivity contribution in [3.8, 4) is 28.6 Å². The van der Waals surface area contributed by atoms with Gasteiger partial charge in [-0.2, -0.15) is 5.26 Å². The lowest BCUT2D eigenvalue weighted by molar-refractivity contribution is 1.17. The van der Waals surface area contributed by atoms with Crippen LogP contribution in [0.1, 0.15) is 5.56 Å². The Morgan fingerprint density at radius 2 is 1.10 bits per heavy atom. The van der Waals surface area contributed by atoms with Gasteiger partial charge in [-0.05, 0) is 94.7 Å². The van der Waals surface area contributed by atoms with Crippen LogP contribution in [0.3, 0.4) is 0 Å². The maximum absolute atomic E-state index is 9.59. The molecule has 0 aliphatic rings. The van der Waals surface area contributed by atoms with E-state index in [0.717, 1.165) is 55.2 Å². The first-order valence-corrected chi connectivity index (χ1v) is 16.9. The van der Waals surface area contributed by atoms with Gasteiger partial charge in [0.2, 0.25) is 0 Å². The average Bonchev–Trinajstić information content (AvgIpc) is 3.80. The van der Waals surface area contributed by atoms with E-state index in [9.17, 15) is 5.26 Å². The quantitative estimate of drug-likeness (QED) is 0.177. The zero-order valence-corrected chi connectivity index (χ0v) is 26.9. The summed E-state index contributed by atoms with van der Waals surface area (Å²) in [5.41, 5.74) is 10.3. The highest BCUT2D eigenvalue weighted by Crippen LogP contribution is 2.42. The van der Waals surface area contributed by atoms with Crippen LogP contribution in [-0.2, 0) is 0 Å². The Kier molecular flexibility index (Phi) is 5.84. The molecule has 0 aliphatic carbocycles. The second-order valence-corrected chi connectivity index (χ2v) is 13.5. The molecule has 0 atom stereocenters. The first kappa shape index (κ1) is 27.5. The third kappa shape index (κ3) is 4.07. The molecule has 3 aromatic heterocycles. The highest BCUT2D eigenvalue weighted by molar-refractivity contribution is 7.25. The summed E-state index contributed by atoms with van der Waals surface area (Å²) >= 11 is 1.78. The van der Waals surface area contributed by atoms with Crippen LogP contribution in [0.4, 0.5) is 5.69 Å². The molecule has 3 heterocycles. The minimum atomic E-state index is 0.661. The SMILES string of the molecule is [C-]#[N+]c1ccc2sc3cc4c(cc3c2c1)c1ccccc1n4-c1cccc(-c2cccc(-n3c4ccccc4c4cc(C#N)ccc43)c2)c1. The standard InChI is InChI=1S/C44H24N4S/c1-46-30-17-19-43-37(23-30)38-24-36-34-13-3-5-15-40(34)48(42(36)25-44(38)49-43)32-11-7-9-29(22-32)28-8-6-10-31(21-28)47-39-14-4-2-12-33(39)35-20-27(26-45)16-18-41(35)47/h2-25H. The highest BCUT2D eigenvalue weighted by atomic mass is 32.1. The summed E-state index contributed by atoms with van der Waals surface area (Å²) in [6.45, 7) is 7.54. The van der Waals surface area contributed by atoms with Gasteiger partial charge in [-0.15, -0.1) is 11.3 Å². The molecule has 0 saturated carbocycles. The molecule has 0 N–H and O–H groups in total. The van der Waals surface area contributed by atoms with Gasteiger partial charge in [-0.3, -0.25) is 0 Å². The summed E-state index contributed by atoms with van der Waals surface area (Å²) in [6.07, 6.45) is 0. The Bertz CT molecular complexity index is 3090. The lowest BCUT2D eigenvalue weighted by Crippen LogP contribution is -1.96. The molecule has 0 fully saturated rings. The summed E-state index contributed by atoms with van der Waals surface area (Å²) in [7, 11) is 0. The molecule has 10 rings (SSSR count). The van der Waals surface area contributed by atoms with E-state index in [1.54, 1.807) is 11.3 Å². The number of fused-ring (bicyclic) bond motifs is 9. The monoisotopic (exact) mass is 640 g/mol. The number of aromatic nitrogens is 2. The van der Waals surface area contributed by atoms with Crippen LogP contribution in [0.15, 0.2) is 146 Å². The molecule has 0 radical (unpaired) electrons. The number of benzene rings is 7. The maximum Gasteiger partial charge on any atom is 0.187 e. The fourth-order valence-electron chi connectivity index (χ4n) is 7.54.